The van der Waals surface area contributed by atoms with E-state index in [0.29, 0.717) is 0 Å². The highest BCUT2D eigenvalue weighted by molar-refractivity contribution is 5.97. The number of rotatable bonds is 6. The second kappa shape index (κ2) is 24.6. The summed E-state index contributed by atoms with van der Waals surface area (Å²) >= 11 is 0. The number of nitrogens with zero attached hydrogens (tertiary/aromatic N) is 1. The van der Waals surface area contributed by atoms with E-state index < -0.39 is 0 Å². The van der Waals surface area contributed by atoms with Gasteiger partial charge in [-0.05, 0) is 78.3 Å². The molecule has 0 aromatic heterocycles. The van der Waals surface area contributed by atoms with Crippen LogP contribution in [0.2, 0.25) is 0 Å². The molecule has 0 aliphatic rings. The van der Waals surface area contributed by atoms with E-state index in [4.69, 9.17) is 0 Å². The maximum atomic E-state index is 4.41. The first-order chi connectivity index (χ1) is 14.3. The molecule has 0 amide bonds. The molecular weight excluding hydrogens is 364 g/mol. The van der Waals surface area contributed by atoms with E-state index in [0.717, 1.165) is 24.1 Å². The highest BCUT2D eigenvalue weighted by Crippen LogP contribution is 2.16. The highest BCUT2D eigenvalue weighted by atomic mass is 14.7. The molecule has 0 aliphatic carbocycles. The summed E-state index contributed by atoms with van der Waals surface area (Å²) in [5, 5.41) is 2.75. The smallest absolute Gasteiger partial charge is 0.0395 e. The Kier molecular flexibility index (Phi) is 26.4. The van der Waals surface area contributed by atoms with Crippen LogP contribution < -0.4 is 5.32 Å². The van der Waals surface area contributed by atoms with E-state index in [1.165, 1.54) is 16.7 Å². The van der Waals surface area contributed by atoms with Crippen molar-refractivity contribution in [2.24, 2.45) is 4.99 Å². The van der Waals surface area contributed by atoms with Crippen molar-refractivity contribution >= 4 is 5.71 Å². The first kappa shape index (κ1) is 32.2. The summed E-state index contributed by atoms with van der Waals surface area (Å²) < 4.78 is 0. The molecule has 0 radical (unpaired) electrons. The molecule has 0 heterocycles. The van der Waals surface area contributed by atoms with E-state index in [-0.39, 0.29) is 0 Å². The Hall–Kier alpha value is -2.45. The van der Waals surface area contributed by atoms with Crippen LogP contribution in [0, 0.1) is 6.92 Å². The third-order valence-electron chi connectivity index (χ3n) is 3.70. The van der Waals surface area contributed by atoms with Crippen molar-refractivity contribution in [2.45, 2.75) is 61.3 Å². The van der Waals surface area contributed by atoms with E-state index in [1.807, 2.05) is 84.4 Å². The summed E-state index contributed by atoms with van der Waals surface area (Å²) in [6.07, 6.45) is 12.0. The lowest BCUT2D eigenvalue weighted by molar-refractivity contribution is 1.02. The third kappa shape index (κ3) is 21.8. The average Bonchev–Trinajstić information content (AvgIpc) is 2.74. The van der Waals surface area contributed by atoms with Crippen LogP contribution in [0.15, 0.2) is 95.7 Å². The lowest BCUT2D eigenvalue weighted by Gasteiger charge is -2.04. The van der Waals surface area contributed by atoms with Crippen LogP contribution in [0.1, 0.15) is 59.9 Å². The van der Waals surface area contributed by atoms with E-state index in [1.54, 1.807) is 0 Å². The second-order valence-corrected chi connectivity index (χ2v) is 6.60. The van der Waals surface area contributed by atoms with Crippen molar-refractivity contribution in [2.75, 3.05) is 14.1 Å². The van der Waals surface area contributed by atoms with Gasteiger partial charge in [0, 0.05) is 11.9 Å². The van der Waals surface area contributed by atoms with Gasteiger partial charge in [0.1, 0.15) is 0 Å². The number of benzene rings is 1. The minimum absolute atomic E-state index is 0.963. The van der Waals surface area contributed by atoms with Crippen LogP contribution in [-0.2, 0) is 0 Å². The predicted molar refractivity (Wildman–Crippen MR) is 142 cm³/mol. The minimum atomic E-state index is 0.963. The molecule has 0 atom stereocenters. The summed E-state index contributed by atoms with van der Waals surface area (Å²) in [7, 11) is 3.75. The van der Waals surface area contributed by atoms with Gasteiger partial charge in [0.05, 0.1) is 0 Å². The van der Waals surface area contributed by atoms with Crippen molar-refractivity contribution in [1.82, 2.24) is 5.32 Å². The Balaban J connectivity index is -0.000000423. The largest absolute Gasteiger partial charge is 0.323 e. The van der Waals surface area contributed by atoms with E-state index >= 15 is 0 Å². The van der Waals surface area contributed by atoms with Crippen LogP contribution in [0.5, 0.6) is 0 Å². The van der Waals surface area contributed by atoms with E-state index in [9.17, 15) is 0 Å². The second-order valence-electron chi connectivity index (χ2n) is 6.60. The zero-order chi connectivity index (χ0) is 23.8. The predicted octanol–water partition coefficient (Wildman–Crippen LogP) is 8.25. The Morgan fingerprint density at radius 2 is 1.53 bits per heavy atom. The van der Waals surface area contributed by atoms with Crippen molar-refractivity contribution < 1.29 is 0 Å². The summed E-state index contributed by atoms with van der Waals surface area (Å²) in [5.41, 5.74) is 5.71. The zero-order valence-electron chi connectivity index (χ0n) is 21.0. The van der Waals surface area contributed by atoms with Crippen LogP contribution in [0.25, 0.3) is 0 Å². The molecule has 1 N–H and O–H groups in total. The van der Waals surface area contributed by atoms with Crippen molar-refractivity contribution in [3.05, 3.63) is 96.3 Å². The number of hydrogen-bond acceptors (Lipinski definition) is 2. The zero-order valence-corrected chi connectivity index (χ0v) is 21.0. The molecule has 0 bridgehead atoms. The molecule has 2 nitrogen and oxygen atoms in total. The van der Waals surface area contributed by atoms with Crippen molar-refractivity contribution in [3.8, 4) is 0 Å². The molecule has 1 aromatic carbocycles. The number of nitrogens with one attached hydrogen (secondary N) is 1. The fourth-order valence-electron chi connectivity index (χ4n) is 1.75. The van der Waals surface area contributed by atoms with Crippen LogP contribution >= 0.6 is 0 Å². The fourth-order valence-corrected chi connectivity index (χ4v) is 1.75. The SMILES string of the molecule is C/C=C\C.C=CC(=C\CC)/C(=C/N=C(C)C(=C)C)CC.CNC.Cc1ccccc1. The molecule has 0 spiro atoms. The highest BCUT2D eigenvalue weighted by Gasteiger charge is 1.98. The molecule has 0 saturated carbocycles. The Bertz CT molecular complexity index is 655. The Morgan fingerprint density at radius 3 is 1.80 bits per heavy atom. The average molecular weight is 411 g/mol. The first-order valence-corrected chi connectivity index (χ1v) is 10.7. The maximum Gasteiger partial charge on any atom is 0.0395 e. The summed E-state index contributed by atoms with van der Waals surface area (Å²) in [6, 6.07) is 10.3. The maximum absolute atomic E-state index is 4.41. The van der Waals surface area contributed by atoms with Gasteiger partial charge < -0.3 is 5.32 Å². The molecule has 0 unspecified atom stereocenters. The molecule has 0 saturated heterocycles. The van der Waals surface area contributed by atoms with Gasteiger partial charge in [-0.15, -0.1) is 0 Å². The van der Waals surface area contributed by atoms with Crippen molar-refractivity contribution in [3.63, 3.8) is 0 Å². The monoisotopic (exact) mass is 410 g/mol. The standard InChI is InChI=1S/C15H23N.C7H8.C4H8.C2H7N/c1-7-10-14(8-2)15(9-3)11-16-13(6)12(4)5;1-7-5-3-2-4-6-7;1-3-4-2;1-3-2/h8,10-11H,2,4,7,9H2,1,3,5-6H3;2-6H,1H3;3-4H,1-2H3;3H,1-2H3/b14-10+,15-11+,16-13?;;4-3-;. The first-order valence-electron chi connectivity index (χ1n) is 10.7. The van der Waals surface area contributed by atoms with Gasteiger partial charge in [0.25, 0.3) is 0 Å². The van der Waals surface area contributed by atoms with Crippen LogP contribution in [0.3, 0.4) is 0 Å². The van der Waals surface area contributed by atoms with Gasteiger partial charge in [0.2, 0.25) is 0 Å². The molecular formula is C28H46N2. The molecule has 1 aromatic rings. The number of hydrogen-bond donors (Lipinski definition) is 1. The number of aliphatic imine (C=N–C) groups is 1. The number of aryl methyl sites for hydroxylation is 1. The summed E-state index contributed by atoms with van der Waals surface area (Å²) in [5.74, 6) is 0. The Labute approximate surface area is 187 Å². The molecule has 30 heavy (non-hydrogen) atoms. The molecule has 1 rings (SSSR count). The van der Waals surface area contributed by atoms with Crippen LogP contribution in [0.4, 0.5) is 0 Å². The lowest BCUT2D eigenvalue weighted by Crippen LogP contribution is -1.91. The minimum Gasteiger partial charge on any atom is -0.323 e. The third-order valence-corrected chi connectivity index (χ3v) is 3.70. The van der Waals surface area contributed by atoms with E-state index in [2.05, 4.69) is 62.4 Å². The normalized spacial score (nSPS) is 11.3. The summed E-state index contributed by atoms with van der Waals surface area (Å²) in [6.45, 7) is 22.0. The fraction of sp³-hybridized carbons (Fsp3) is 0.393. The van der Waals surface area contributed by atoms with Gasteiger partial charge in [-0.2, -0.15) is 0 Å². The summed E-state index contributed by atoms with van der Waals surface area (Å²) in [4.78, 5) is 4.41. The van der Waals surface area contributed by atoms with Crippen molar-refractivity contribution in [1.29, 1.82) is 0 Å². The molecule has 168 valence electrons. The van der Waals surface area contributed by atoms with Gasteiger partial charge in [-0.1, -0.05) is 87.2 Å². The molecule has 0 fully saturated rings. The topological polar surface area (TPSA) is 24.4 Å². The van der Waals surface area contributed by atoms with Gasteiger partial charge in [-0.25, -0.2) is 0 Å². The Morgan fingerprint density at radius 1 is 1.03 bits per heavy atom. The quantitative estimate of drug-likeness (QED) is 0.285. The lowest BCUT2D eigenvalue weighted by atomic mass is 10.0. The van der Waals surface area contributed by atoms with Gasteiger partial charge in [0.15, 0.2) is 0 Å². The van der Waals surface area contributed by atoms with Crippen LogP contribution in [-0.4, -0.2) is 19.8 Å². The number of allylic oxidation sites excluding steroid dienone is 7. The van der Waals surface area contributed by atoms with Gasteiger partial charge in [-0.3, -0.25) is 4.99 Å². The molecule has 0 aliphatic heterocycles. The van der Waals surface area contributed by atoms with Gasteiger partial charge >= 0.3 is 0 Å². The molecule has 2 heteroatoms.